The third-order valence-corrected chi connectivity index (χ3v) is 6.60. The van der Waals surface area contributed by atoms with Crippen LogP contribution in [0.2, 0.25) is 0 Å². The monoisotopic (exact) mass is 407 g/mol. The maximum Gasteiger partial charge on any atom is 0.231 e. The minimum atomic E-state index is -0.277. The van der Waals surface area contributed by atoms with Crippen LogP contribution in [0.4, 0.5) is 5.13 Å². The lowest BCUT2D eigenvalue weighted by molar-refractivity contribution is -0.128. The van der Waals surface area contributed by atoms with Crippen LogP contribution in [0.25, 0.3) is 0 Å². The van der Waals surface area contributed by atoms with Crippen molar-refractivity contribution >= 4 is 28.3 Å². The molecule has 2 amide bonds. The van der Waals surface area contributed by atoms with Crippen LogP contribution in [0.5, 0.6) is 0 Å². The van der Waals surface area contributed by atoms with Crippen LogP contribution in [0.3, 0.4) is 0 Å². The van der Waals surface area contributed by atoms with Gasteiger partial charge in [-0.2, -0.15) is 0 Å². The van der Waals surface area contributed by atoms with Gasteiger partial charge in [0.05, 0.1) is 5.92 Å². The van der Waals surface area contributed by atoms with Gasteiger partial charge >= 0.3 is 0 Å². The van der Waals surface area contributed by atoms with E-state index in [0.717, 1.165) is 32.6 Å². The van der Waals surface area contributed by atoms with E-state index in [1.54, 1.807) is 11.3 Å². The van der Waals surface area contributed by atoms with Crippen molar-refractivity contribution in [3.05, 3.63) is 11.1 Å². The Balaban J connectivity index is 1.47. The molecule has 0 radical (unpaired) electrons. The highest BCUT2D eigenvalue weighted by Crippen LogP contribution is 2.26. The molecule has 0 spiro atoms. The van der Waals surface area contributed by atoms with Crippen LogP contribution in [0.15, 0.2) is 6.20 Å². The number of piperidine rings is 1. The van der Waals surface area contributed by atoms with Crippen LogP contribution < -0.4 is 5.32 Å². The van der Waals surface area contributed by atoms with Gasteiger partial charge in [0.2, 0.25) is 11.8 Å². The molecule has 0 aromatic carbocycles. The van der Waals surface area contributed by atoms with Gasteiger partial charge in [-0.15, -0.1) is 11.3 Å². The van der Waals surface area contributed by atoms with Gasteiger partial charge < -0.3 is 15.1 Å². The molecular formula is C20H33N5O2S. The number of likely N-dealkylation sites (tertiary alicyclic amines) is 2. The van der Waals surface area contributed by atoms with Gasteiger partial charge in [0.1, 0.15) is 0 Å². The molecule has 28 heavy (non-hydrogen) atoms. The van der Waals surface area contributed by atoms with Crippen LogP contribution >= 0.6 is 11.3 Å². The predicted molar refractivity (Wildman–Crippen MR) is 112 cm³/mol. The summed E-state index contributed by atoms with van der Waals surface area (Å²) in [5, 5.41) is 3.57. The number of amides is 2. The number of rotatable bonds is 8. The topological polar surface area (TPSA) is 68.8 Å². The first kappa shape index (κ1) is 21.2. The Labute approximate surface area is 172 Å². The van der Waals surface area contributed by atoms with Crippen molar-refractivity contribution in [3.8, 4) is 0 Å². The minimum absolute atomic E-state index is 0.0813. The van der Waals surface area contributed by atoms with Crippen LogP contribution in [0.1, 0.15) is 43.9 Å². The Kier molecular flexibility index (Phi) is 7.42. The summed E-state index contributed by atoms with van der Waals surface area (Å²) >= 11 is 1.55. The quantitative estimate of drug-likeness (QED) is 0.716. The zero-order valence-corrected chi connectivity index (χ0v) is 18.1. The maximum absolute atomic E-state index is 12.6. The highest BCUT2D eigenvalue weighted by molar-refractivity contribution is 7.15. The molecule has 2 atom stereocenters. The number of anilines is 1. The van der Waals surface area contributed by atoms with Crippen molar-refractivity contribution in [3.63, 3.8) is 0 Å². The van der Waals surface area contributed by atoms with Gasteiger partial charge in [0.25, 0.3) is 0 Å². The number of hydrogen-bond acceptors (Lipinski definition) is 6. The molecule has 0 saturated carbocycles. The molecule has 7 nitrogen and oxygen atoms in total. The number of aromatic nitrogens is 1. The zero-order valence-electron chi connectivity index (χ0n) is 17.3. The first-order chi connectivity index (χ1) is 13.4. The second-order valence-electron chi connectivity index (χ2n) is 8.33. The summed E-state index contributed by atoms with van der Waals surface area (Å²) in [5.74, 6) is -0.283. The second kappa shape index (κ2) is 9.80. The van der Waals surface area contributed by atoms with Crippen molar-refractivity contribution in [1.29, 1.82) is 0 Å². The standard InChI is InChI=1S/C20H33N5O2S/c1-15-7-4-5-9-24(15)14-17-12-21-20(28-17)22-19(27)16-11-18(26)25(13-16)10-6-8-23(2)3/h12,15-16H,4-11,13-14H2,1-3H3,(H,21,22,27). The first-order valence-corrected chi connectivity index (χ1v) is 11.2. The Morgan fingerprint density at radius 1 is 1.39 bits per heavy atom. The number of carbonyl (C=O) groups excluding carboxylic acids is 2. The lowest BCUT2D eigenvalue weighted by atomic mass is 10.0. The highest BCUT2D eigenvalue weighted by Gasteiger charge is 2.34. The highest BCUT2D eigenvalue weighted by atomic mass is 32.1. The van der Waals surface area contributed by atoms with Crippen molar-refractivity contribution < 1.29 is 9.59 Å². The summed E-state index contributed by atoms with van der Waals surface area (Å²) in [4.78, 5) is 36.8. The normalized spacial score (nSPS) is 23.6. The molecule has 3 heterocycles. The number of hydrogen-bond donors (Lipinski definition) is 1. The van der Waals surface area contributed by atoms with Gasteiger partial charge in [0, 0.05) is 43.2 Å². The smallest absolute Gasteiger partial charge is 0.231 e. The van der Waals surface area contributed by atoms with Crippen LogP contribution in [-0.2, 0) is 16.1 Å². The van der Waals surface area contributed by atoms with Gasteiger partial charge in [-0.3, -0.25) is 14.5 Å². The summed E-state index contributed by atoms with van der Waals surface area (Å²) < 4.78 is 0. The van der Waals surface area contributed by atoms with Gasteiger partial charge in [0.15, 0.2) is 5.13 Å². The number of carbonyl (C=O) groups is 2. The average molecular weight is 408 g/mol. The molecule has 2 fully saturated rings. The zero-order chi connectivity index (χ0) is 20.1. The molecular weight excluding hydrogens is 374 g/mol. The number of thiazole rings is 1. The summed E-state index contributed by atoms with van der Waals surface area (Å²) in [5.41, 5.74) is 0. The van der Waals surface area contributed by atoms with E-state index in [9.17, 15) is 9.59 Å². The van der Waals surface area contributed by atoms with E-state index in [0.29, 0.717) is 24.1 Å². The lowest BCUT2D eigenvalue weighted by Gasteiger charge is -2.32. The summed E-state index contributed by atoms with van der Waals surface area (Å²) in [6.45, 7) is 6.49. The van der Waals surface area contributed by atoms with E-state index < -0.39 is 0 Å². The molecule has 2 aliphatic heterocycles. The minimum Gasteiger partial charge on any atom is -0.342 e. The van der Waals surface area contributed by atoms with E-state index in [-0.39, 0.29) is 17.7 Å². The summed E-state index contributed by atoms with van der Waals surface area (Å²) in [6, 6.07) is 0.608. The third-order valence-electron chi connectivity index (χ3n) is 5.70. The molecule has 1 N–H and O–H groups in total. The maximum atomic E-state index is 12.6. The molecule has 1 aromatic heterocycles. The van der Waals surface area contributed by atoms with Crippen LogP contribution in [-0.4, -0.2) is 77.8 Å². The van der Waals surface area contributed by atoms with E-state index in [1.807, 2.05) is 25.2 Å². The molecule has 2 saturated heterocycles. The fourth-order valence-corrected chi connectivity index (χ4v) is 4.82. The molecule has 3 rings (SSSR count). The largest absolute Gasteiger partial charge is 0.342 e. The molecule has 0 aliphatic carbocycles. The van der Waals surface area contributed by atoms with Crippen molar-refractivity contribution in [2.75, 3.05) is 45.6 Å². The SMILES string of the molecule is CC1CCCCN1Cc1cnc(NC(=O)C2CC(=O)N(CCCN(C)C)C2)s1. The Hall–Kier alpha value is -1.51. The molecule has 156 valence electrons. The Morgan fingerprint density at radius 3 is 2.96 bits per heavy atom. The van der Waals surface area contributed by atoms with Gasteiger partial charge in [-0.25, -0.2) is 4.98 Å². The first-order valence-electron chi connectivity index (χ1n) is 10.3. The molecule has 8 heteroatoms. The molecule has 2 unspecified atom stereocenters. The van der Waals surface area contributed by atoms with Gasteiger partial charge in [-0.05, 0) is 53.4 Å². The number of nitrogens with zero attached hydrogens (tertiary/aromatic N) is 4. The third kappa shape index (κ3) is 5.75. The summed E-state index contributed by atoms with van der Waals surface area (Å²) in [7, 11) is 4.05. The lowest BCUT2D eigenvalue weighted by Crippen LogP contribution is -2.36. The van der Waals surface area contributed by atoms with E-state index in [4.69, 9.17) is 0 Å². The molecule has 1 aromatic rings. The number of nitrogens with one attached hydrogen (secondary N) is 1. The van der Waals surface area contributed by atoms with Crippen LogP contribution in [0, 0.1) is 5.92 Å². The Bertz CT molecular complexity index is 677. The predicted octanol–water partition coefficient (Wildman–Crippen LogP) is 2.26. The summed E-state index contributed by atoms with van der Waals surface area (Å²) in [6.07, 6.45) is 6.93. The second-order valence-corrected chi connectivity index (χ2v) is 9.45. The van der Waals surface area contributed by atoms with Gasteiger partial charge in [-0.1, -0.05) is 6.42 Å². The Morgan fingerprint density at radius 2 is 2.21 bits per heavy atom. The van der Waals surface area contributed by atoms with Crippen molar-refractivity contribution in [2.45, 2.75) is 51.6 Å². The van der Waals surface area contributed by atoms with E-state index in [2.05, 4.69) is 27.0 Å². The molecule has 0 bridgehead atoms. The van der Waals surface area contributed by atoms with E-state index in [1.165, 1.54) is 24.1 Å². The fourth-order valence-electron chi connectivity index (χ4n) is 3.98. The van der Waals surface area contributed by atoms with Crippen molar-refractivity contribution in [1.82, 2.24) is 19.7 Å². The van der Waals surface area contributed by atoms with E-state index >= 15 is 0 Å². The fraction of sp³-hybridized carbons (Fsp3) is 0.750. The van der Waals surface area contributed by atoms with Crippen molar-refractivity contribution in [2.24, 2.45) is 5.92 Å². The molecule has 2 aliphatic rings. The average Bonchev–Trinajstić information content (AvgIpc) is 3.23.